The number of thiophene rings is 1. The van der Waals surface area contributed by atoms with Gasteiger partial charge in [0.1, 0.15) is 0 Å². The van der Waals surface area contributed by atoms with Crippen molar-refractivity contribution in [2.24, 2.45) is 0 Å². The molecule has 4 heteroatoms. The van der Waals surface area contributed by atoms with Gasteiger partial charge in [0.25, 0.3) is 0 Å². The molecule has 0 amide bonds. The molecule has 0 aliphatic rings. The van der Waals surface area contributed by atoms with Crippen molar-refractivity contribution in [2.75, 3.05) is 0 Å². The highest BCUT2D eigenvalue weighted by molar-refractivity contribution is 7.10. The van der Waals surface area contributed by atoms with Crippen molar-refractivity contribution in [1.82, 2.24) is 0 Å². The first-order chi connectivity index (χ1) is 7.58. The van der Waals surface area contributed by atoms with Crippen LogP contribution in [-0.4, -0.2) is 5.78 Å². The molecule has 0 fully saturated rings. The summed E-state index contributed by atoms with van der Waals surface area (Å²) >= 11 is 13.4. The predicted octanol–water partition coefficient (Wildman–Crippen LogP) is 4.59. The molecular weight excluding hydrogens is 263 g/mol. The quantitative estimate of drug-likeness (QED) is 0.730. The molecule has 1 aromatic carbocycles. The SMILES string of the molecule is Cc1cc(C(=O)c2cc(Cl)ccc2Cl)cs1. The van der Waals surface area contributed by atoms with Crippen LogP contribution >= 0.6 is 34.5 Å². The van der Waals surface area contributed by atoms with Crippen LogP contribution in [0.4, 0.5) is 0 Å². The summed E-state index contributed by atoms with van der Waals surface area (Å²) in [6.45, 7) is 1.96. The summed E-state index contributed by atoms with van der Waals surface area (Å²) in [4.78, 5) is 13.2. The van der Waals surface area contributed by atoms with Crippen LogP contribution in [0.5, 0.6) is 0 Å². The fourth-order valence-corrected chi connectivity index (χ4v) is 2.45. The van der Waals surface area contributed by atoms with Crippen LogP contribution in [0.3, 0.4) is 0 Å². The van der Waals surface area contributed by atoms with E-state index in [2.05, 4.69) is 0 Å². The van der Waals surface area contributed by atoms with E-state index in [-0.39, 0.29) is 5.78 Å². The van der Waals surface area contributed by atoms with E-state index in [1.165, 1.54) is 0 Å². The van der Waals surface area contributed by atoms with E-state index < -0.39 is 0 Å². The van der Waals surface area contributed by atoms with E-state index in [1.807, 2.05) is 18.4 Å². The zero-order valence-electron chi connectivity index (χ0n) is 8.46. The van der Waals surface area contributed by atoms with E-state index in [4.69, 9.17) is 23.2 Å². The van der Waals surface area contributed by atoms with Crippen LogP contribution in [0.2, 0.25) is 10.0 Å². The Labute approximate surface area is 108 Å². The van der Waals surface area contributed by atoms with Gasteiger partial charge in [0.05, 0.1) is 5.02 Å². The molecule has 0 unspecified atom stereocenters. The minimum atomic E-state index is -0.0862. The lowest BCUT2D eigenvalue weighted by Gasteiger charge is -2.02. The molecule has 0 atom stereocenters. The van der Waals surface area contributed by atoms with Gasteiger partial charge >= 0.3 is 0 Å². The average molecular weight is 271 g/mol. The second-order valence-electron chi connectivity index (χ2n) is 3.40. The minimum absolute atomic E-state index is 0.0862. The molecule has 0 saturated heterocycles. The van der Waals surface area contributed by atoms with Gasteiger partial charge in [-0.2, -0.15) is 0 Å². The second kappa shape index (κ2) is 4.58. The van der Waals surface area contributed by atoms with Crippen molar-refractivity contribution >= 4 is 40.3 Å². The number of carbonyl (C=O) groups excluding carboxylic acids is 1. The molecule has 1 nitrogen and oxygen atoms in total. The number of halogens is 2. The highest BCUT2D eigenvalue weighted by atomic mass is 35.5. The monoisotopic (exact) mass is 270 g/mol. The van der Waals surface area contributed by atoms with Crippen molar-refractivity contribution in [3.8, 4) is 0 Å². The number of ketones is 1. The first-order valence-electron chi connectivity index (χ1n) is 4.63. The van der Waals surface area contributed by atoms with Gasteiger partial charge in [-0.05, 0) is 31.2 Å². The summed E-state index contributed by atoms with van der Waals surface area (Å²) < 4.78 is 0. The fourth-order valence-electron chi connectivity index (χ4n) is 1.39. The molecule has 82 valence electrons. The first kappa shape index (κ1) is 11.6. The maximum atomic E-state index is 12.1. The Morgan fingerprint density at radius 3 is 2.62 bits per heavy atom. The van der Waals surface area contributed by atoms with E-state index >= 15 is 0 Å². The largest absolute Gasteiger partial charge is 0.289 e. The smallest absolute Gasteiger partial charge is 0.195 e. The van der Waals surface area contributed by atoms with Gasteiger partial charge in [0.2, 0.25) is 0 Å². The molecule has 1 aromatic heterocycles. The standard InChI is InChI=1S/C12H8Cl2OS/c1-7-4-8(6-16-7)12(15)10-5-9(13)2-3-11(10)14/h2-6H,1H3. The summed E-state index contributed by atoms with van der Waals surface area (Å²) in [7, 11) is 0. The Morgan fingerprint density at radius 1 is 1.25 bits per heavy atom. The summed E-state index contributed by atoms with van der Waals surface area (Å²) in [5.74, 6) is -0.0862. The van der Waals surface area contributed by atoms with Crippen LogP contribution in [0, 0.1) is 6.92 Å². The molecule has 0 bridgehead atoms. The lowest BCUT2D eigenvalue weighted by molar-refractivity contribution is 0.103. The molecule has 0 saturated carbocycles. The lowest BCUT2D eigenvalue weighted by atomic mass is 10.1. The lowest BCUT2D eigenvalue weighted by Crippen LogP contribution is -2.00. The molecule has 2 rings (SSSR count). The van der Waals surface area contributed by atoms with Gasteiger partial charge < -0.3 is 0 Å². The highest BCUT2D eigenvalue weighted by Gasteiger charge is 2.14. The number of carbonyl (C=O) groups is 1. The second-order valence-corrected chi connectivity index (χ2v) is 5.36. The minimum Gasteiger partial charge on any atom is -0.289 e. The van der Waals surface area contributed by atoms with E-state index in [0.29, 0.717) is 21.2 Å². The molecule has 0 spiro atoms. The molecule has 0 aliphatic carbocycles. The molecule has 1 heterocycles. The van der Waals surface area contributed by atoms with Gasteiger partial charge in [0.15, 0.2) is 5.78 Å². The summed E-state index contributed by atoms with van der Waals surface area (Å²) in [5.41, 5.74) is 1.11. The molecular formula is C12H8Cl2OS. The predicted molar refractivity (Wildman–Crippen MR) is 69.0 cm³/mol. The molecule has 0 radical (unpaired) electrons. The van der Waals surface area contributed by atoms with Gasteiger partial charge in [-0.3, -0.25) is 4.79 Å². The molecule has 2 aromatic rings. The summed E-state index contributed by atoms with van der Waals surface area (Å²) in [6, 6.07) is 6.75. The highest BCUT2D eigenvalue weighted by Crippen LogP contribution is 2.25. The average Bonchev–Trinajstić information content (AvgIpc) is 2.67. The van der Waals surface area contributed by atoms with Gasteiger partial charge in [0, 0.05) is 26.4 Å². The van der Waals surface area contributed by atoms with Crippen LogP contribution in [0.1, 0.15) is 20.8 Å². The van der Waals surface area contributed by atoms with Gasteiger partial charge in [-0.1, -0.05) is 23.2 Å². The normalized spacial score (nSPS) is 10.4. The number of rotatable bonds is 2. The van der Waals surface area contributed by atoms with Crippen molar-refractivity contribution in [1.29, 1.82) is 0 Å². The van der Waals surface area contributed by atoms with Crippen LogP contribution in [0.25, 0.3) is 0 Å². The maximum Gasteiger partial charge on any atom is 0.195 e. The molecule has 0 N–H and O–H groups in total. The molecule has 16 heavy (non-hydrogen) atoms. The third-order valence-electron chi connectivity index (χ3n) is 2.17. The Hall–Kier alpha value is -0.830. The maximum absolute atomic E-state index is 12.1. The number of hydrogen-bond donors (Lipinski definition) is 0. The Morgan fingerprint density at radius 2 is 2.00 bits per heavy atom. The zero-order valence-corrected chi connectivity index (χ0v) is 10.8. The Bertz CT molecular complexity index is 546. The summed E-state index contributed by atoms with van der Waals surface area (Å²) in [6.07, 6.45) is 0. The van der Waals surface area contributed by atoms with Crippen molar-refractivity contribution < 1.29 is 4.79 Å². The van der Waals surface area contributed by atoms with Crippen LogP contribution in [-0.2, 0) is 0 Å². The van der Waals surface area contributed by atoms with Crippen molar-refractivity contribution in [2.45, 2.75) is 6.92 Å². The van der Waals surface area contributed by atoms with Gasteiger partial charge in [-0.25, -0.2) is 0 Å². The Balaban J connectivity index is 2.45. The van der Waals surface area contributed by atoms with E-state index in [1.54, 1.807) is 29.5 Å². The van der Waals surface area contributed by atoms with Crippen molar-refractivity contribution in [3.63, 3.8) is 0 Å². The van der Waals surface area contributed by atoms with Gasteiger partial charge in [-0.15, -0.1) is 11.3 Å². The fraction of sp³-hybridized carbons (Fsp3) is 0.0833. The first-order valence-corrected chi connectivity index (χ1v) is 6.26. The number of benzene rings is 1. The van der Waals surface area contributed by atoms with Crippen molar-refractivity contribution in [3.05, 3.63) is 55.7 Å². The van der Waals surface area contributed by atoms with E-state index in [9.17, 15) is 4.79 Å². The zero-order chi connectivity index (χ0) is 11.7. The third kappa shape index (κ3) is 2.29. The van der Waals surface area contributed by atoms with Crippen LogP contribution in [0.15, 0.2) is 29.6 Å². The third-order valence-corrected chi connectivity index (χ3v) is 3.59. The Kier molecular flexibility index (Phi) is 3.33. The van der Waals surface area contributed by atoms with Crippen LogP contribution < -0.4 is 0 Å². The number of hydrogen-bond acceptors (Lipinski definition) is 2. The summed E-state index contributed by atoms with van der Waals surface area (Å²) in [5, 5.41) is 2.77. The topological polar surface area (TPSA) is 17.1 Å². The molecule has 0 aliphatic heterocycles. The number of aryl methyl sites for hydroxylation is 1. The van der Waals surface area contributed by atoms with E-state index in [0.717, 1.165) is 4.88 Å².